The molecule has 0 saturated heterocycles. The van der Waals surface area contributed by atoms with Crippen LogP contribution in [-0.2, 0) is 0 Å². The van der Waals surface area contributed by atoms with Crippen molar-refractivity contribution in [3.05, 3.63) is 53.6 Å². The molecule has 0 spiro atoms. The quantitative estimate of drug-likeness (QED) is 0.632. The van der Waals surface area contributed by atoms with Crippen molar-refractivity contribution in [3.63, 3.8) is 0 Å². The summed E-state index contributed by atoms with van der Waals surface area (Å²) in [6.07, 6.45) is 0. The monoisotopic (exact) mass is 267 g/mol. The number of hydrogen-bond donors (Lipinski definition) is 0. The van der Waals surface area contributed by atoms with Crippen molar-refractivity contribution in [3.8, 4) is 23.6 Å². The van der Waals surface area contributed by atoms with E-state index >= 15 is 0 Å². The van der Waals surface area contributed by atoms with Crippen molar-refractivity contribution in [2.75, 3.05) is 14.2 Å². The average molecular weight is 267 g/mol. The summed E-state index contributed by atoms with van der Waals surface area (Å²) in [6.45, 7) is 0. The van der Waals surface area contributed by atoms with Gasteiger partial charge in [-0.05, 0) is 12.0 Å². The molecule has 0 aliphatic carbocycles. The normalized spacial score (nSPS) is 9.30. The van der Waals surface area contributed by atoms with E-state index in [0.29, 0.717) is 22.9 Å². The molecule has 0 unspecified atom stereocenters. The molecule has 0 saturated carbocycles. The molecule has 2 rings (SSSR count). The lowest BCUT2D eigenvalue weighted by Crippen LogP contribution is -1.97. The van der Waals surface area contributed by atoms with Crippen LogP contribution in [0.3, 0.4) is 0 Å². The Hall–Kier alpha value is -2.80. The summed E-state index contributed by atoms with van der Waals surface area (Å²) >= 11 is 0. The maximum atomic E-state index is 11.9. The smallest absolute Gasteiger partial charge is 0.236 e. The van der Waals surface area contributed by atoms with Gasteiger partial charge in [-0.25, -0.2) is 0 Å². The van der Waals surface area contributed by atoms with Crippen LogP contribution in [-0.4, -0.2) is 25.0 Å². The minimum Gasteiger partial charge on any atom is -0.481 e. The highest BCUT2D eigenvalue weighted by Crippen LogP contribution is 2.18. The van der Waals surface area contributed by atoms with Crippen molar-refractivity contribution in [2.45, 2.75) is 0 Å². The molecule has 0 amide bonds. The van der Waals surface area contributed by atoms with E-state index < -0.39 is 0 Å². The molecule has 0 atom stereocenters. The summed E-state index contributed by atoms with van der Waals surface area (Å²) in [4.78, 5) is 16.0. The predicted octanol–water partition coefficient (Wildman–Crippen LogP) is 2.33. The molecule has 0 bridgehead atoms. The van der Waals surface area contributed by atoms with Crippen LogP contribution in [0, 0.1) is 11.8 Å². The van der Waals surface area contributed by atoms with Crippen LogP contribution in [0.25, 0.3) is 0 Å². The molecule has 0 radical (unpaired) electrons. The Morgan fingerprint density at radius 1 is 1.05 bits per heavy atom. The first-order valence-electron chi connectivity index (χ1n) is 5.95. The summed E-state index contributed by atoms with van der Waals surface area (Å²) in [6, 6.07) is 12.3. The fourth-order valence-electron chi connectivity index (χ4n) is 1.57. The molecule has 0 aliphatic rings. The van der Waals surface area contributed by atoms with Gasteiger partial charge in [0.15, 0.2) is 0 Å². The van der Waals surface area contributed by atoms with Gasteiger partial charge in [-0.15, -0.1) is 0 Å². The first kappa shape index (κ1) is 13.6. The van der Waals surface area contributed by atoms with Gasteiger partial charge in [0.1, 0.15) is 0 Å². The largest absolute Gasteiger partial charge is 0.481 e. The zero-order valence-corrected chi connectivity index (χ0v) is 11.2. The maximum absolute atomic E-state index is 11.9. The lowest BCUT2D eigenvalue weighted by molar-refractivity contribution is 0.105. The molecule has 1 aromatic carbocycles. The molecule has 1 heterocycles. The minimum atomic E-state index is -0.247. The highest BCUT2D eigenvalue weighted by atomic mass is 16.5. The van der Waals surface area contributed by atoms with Crippen LogP contribution in [0.2, 0.25) is 0 Å². The predicted molar refractivity (Wildman–Crippen MR) is 75.0 cm³/mol. The van der Waals surface area contributed by atoms with Gasteiger partial charge in [0, 0.05) is 11.6 Å². The van der Waals surface area contributed by atoms with Gasteiger partial charge in [-0.1, -0.05) is 36.3 Å². The van der Waals surface area contributed by atoms with E-state index in [4.69, 9.17) is 9.47 Å². The first-order chi connectivity index (χ1) is 9.74. The van der Waals surface area contributed by atoms with E-state index in [1.807, 2.05) is 6.07 Å². The standard InChI is InChI=1S/C16H13NO3/c1-19-15-11-9-13(16(17-15)20-2)8-10-14(18)12-6-4-3-5-7-12/h3-7,9,11H,1-2H3. The van der Waals surface area contributed by atoms with Crippen molar-refractivity contribution in [1.82, 2.24) is 4.98 Å². The third-order valence-corrected chi connectivity index (χ3v) is 2.58. The Morgan fingerprint density at radius 2 is 1.80 bits per heavy atom. The van der Waals surface area contributed by atoms with Gasteiger partial charge in [-0.3, -0.25) is 4.79 Å². The third kappa shape index (κ3) is 3.15. The highest BCUT2D eigenvalue weighted by molar-refractivity contribution is 6.09. The number of benzene rings is 1. The van der Waals surface area contributed by atoms with E-state index in [1.165, 1.54) is 14.2 Å². The zero-order chi connectivity index (χ0) is 14.4. The van der Waals surface area contributed by atoms with Gasteiger partial charge in [0.25, 0.3) is 0 Å². The zero-order valence-electron chi connectivity index (χ0n) is 11.2. The summed E-state index contributed by atoms with van der Waals surface area (Å²) < 4.78 is 10.1. The molecule has 0 aliphatic heterocycles. The number of carbonyl (C=O) groups is 1. The van der Waals surface area contributed by atoms with Gasteiger partial charge in [0.2, 0.25) is 17.5 Å². The van der Waals surface area contributed by atoms with Crippen LogP contribution in [0.15, 0.2) is 42.5 Å². The number of carbonyl (C=O) groups excluding carboxylic acids is 1. The van der Waals surface area contributed by atoms with Gasteiger partial charge in [-0.2, -0.15) is 4.98 Å². The van der Waals surface area contributed by atoms with Crippen molar-refractivity contribution in [1.29, 1.82) is 0 Å². The fraction of sp³-hybridized carbons (Fsp3) is 0.125. The van der Waals surface area contributed by atoms with Crippen molar-refractivity contribution in [2.24, 2.45) is 0 Å². The van der Waals surface area contributed by atoms with Gasteiger partial charge in [0.05, 0.1) is 19.8 Å². The number of ketones is 1. The van der Waals surface area contributed by atoms with E-state index in [0.717, 1.165) is 0 Å². The van der Waals surface area contributed by atoms with Gasteiger partial charge >= 0.3 is 0 Å². The minimum absolute atomic E-state index is 0.247. The van der Waals surface area contributed by atoms with E-state index in [-0.39, 0.29) is 5.78 Å². The number of rotatable bonds is 3. The van der Waals surface area contributed by atoms with Gasteiger partial charge < -0.3 is 9.47 Å². The lowest BCUT2D eigenvalue weighted by atomic mass is 10.1. The number of aromatic nitrogens is 1. The Kier molecular flexibility index (Phi) is 4.35. The summed E-state index contributed by atoms with van der Waals surface area (Å²) in [5.41, 5.74) is 1.10. The van der Waals surface area contributed by atoms with E-state index in [9.17, 15) is 4.79 Å². The third-order valence-electron chi connectivity index (χ3n) is 2.58. The summed E-state index contributed by atoms with van der Waals surface area (Å²) in [5, 5.41) is 0. The second-order valence-corrected chi connectivity index (χ2v) is 3.86. The second-order valence-electron chi connectivity index (χ2n) is 3.86. The topological polar surface area (TPSA) is 48.4 Å². The Bertz CT molecular complexity index is 669. The highest BCUT2D eigenvalue weighted by Gasteiger charge is 2.05. The molecule has 0 fully saturated rings. The van der Waals surface area contributed by atoms with E-state index in [1.54, 1.807) is 36.4 Å². The molecule has 1 aromatic heterocycles. The SMILES string of the molecule is COc1ccc(C#CC(=O)c2ccccc2)c(OC)n1. The number of ether oxygens (including phenoxy) is 2. The average Bonchev–Trinajstić information content (AvgIpc) is 2.53. The van der Waals surface area contributed by atoms with Crippen molar-refractivity contribution >= 4 is 5.78 Å². The van der Waals surface area contributed by atoms with Crippen LogP contribution < -0.4 is 9.47 Å². The van der Waals surface area contributed by atoms with Crippen LogP contribution in [0.4, 0.5) is 0 Å². The number of hydrogen-bond acceptors (Lipinski definition) is 4. The van der Waals surface area contributed by atoms with E-state index in [2.05, 4.69) is 16.8 Å². The molecule has 0 N–H and O–H groups in total. The van der Waals surface area contributed by atoms with Crippen LogP contribution >= 0.6 is 0 Å². The Labute approximate surface area is 117 Å². The molecule has 4 heteroatoms. The second kappa shape index (κ2) is 6.39. The molecular formula is C16H13NO3. The molecule has 4 nitrogen and oxygen atoms in total. The number of pyridine rings is 1. The summed E-state index contributed by atoms with van der Waals surface area (Å²) in [5.74, 6) is 5.87. The molecule has 20 heavy (non-hydrogen) atoms. The molecular weight excluding hydrogens is 254 g/mol. The Morgan fingerprint density at radius 3 is 2.45 bits per heavy atom. The van der Waals surface area contributed by atoms with Crippen LogP contribution in [0.5, 0.6) is 11.8 Å². The molecule has 2 aromatic rings. The summed E-state index contributed by atoms with van der Waals surface area (Å²) in [7, 11) is 3.01. The number of nitrogens with zero attached hydrogens (tertiary/aromatic N) is 1. The van der Waals surface area contributed by atoms with Crippen LogP contribution in [0.1, 0.15) is 15.9 Å². The Balaban J connectivity index is 2.27. The lowest BCUT2D eigenvalue weighted by Gasteiger charge is -2.04. The first-order valence-corrected chi connectivity index (χ1v) is 5.95. The fourth-order valence-corrected chi connectivity index (χ4v) is 1.57. The number of methoxy groups -OCH3 is 2. The van der Waals surface area contributed by atoms with Crippen molar-refractivity contribution < 1.29 is 14.3 Å². The number of Topliss-reactive ketones (excluding diaryl/α,β-unsaturated/α-hetero) is 1. The maximum Gasteiger partial charge on any atom is 0.236 e. The molecule has 100 valence electrons.